The first-order chi connectivity index (χ1) is 9.46. The standard InChI is InChI=1S/C11H15N5O3S/c1-11(20)7(18)5(2-17)19-10(11)16-4-15-6-8(12)13-3-14-9(6)16/h3-5,7,10,17-18,20H,2H2,1H3,(H2,12,13,14)/t5-,7-,10-,11-/m1/s1. The number of ether oxygens (including phenoxy) is 1. The molecule has 0 saturated carbocycles. The molecule has 20 heavy (non-hydrogen) atoms. The maximum atomic E-state index is 10.2. The fourth-order valence-electron chi connectivity index (χ4n) is 2.43. The van der Waals surface area contributed by atoms with Crippen molar-refractivity contribution >= 4 is 29.6 Å². The van der Waals surface area contributed by atoms with Crippen molar-refractivity contribution in [2.24, 2.45) is 0 Å². The Morgan fingerprint density at radius 3 is 2.90 bits per heavy atom. The van der Waals surface area contributed by atoms with E-state index in [0.717, 1.165) is 0 Å². The monoisotopic (exact) mass is 297 g/mol. The highest BCUT2D eigenvalue weighted by Gasteiger charge is 2.52. The smallest absolute Gasteiger partial charge is 0.167 e. The van der Waals surface area contributed by atoms with E-state index in [0.29, 0.717) is 11.2 Å². The quantitative estimate of drug-likeness (QED) is 0.544. The molecule has 1 aliphatic heterocycles. The van der Waals surface area contributed by atoms with Gasteiger partial charge in [0.05, 0.1) is 17.7 Å². The highest BCUT2D eigenvalue weighted by molar-refractivity contribution is 7.81. The van der Waals surface area contributed by atoms with Gasteiger partial charge in [-0.1, -0.05) is 0 Å². The van der Waals surface area contributed by atoms with Crippen LogP contribution in [0.4, 0.5) is 5.82 Å². The molecule has 1 saturated heterocycles. The fraction of sp³-hybridized carbons (Fsp3) is 0.545. The molecule has 0 bridgehead atoms. The zero-order chi connectivity index (χ0) is 14.5. The third-order valence-electron chi connectivity index (χ3n) is 3.57. The Bertz CT molecular complexity index is 646. The molecule has 1 fully saturated rings. The number of imidazole rings is 1. The molecule has 0 radical (unpaired) electrons. The highest BCUT2D eigenvalue weighted by atomic mass is 32.1. The molecule has 8 nitrogen and oxygen atoms in total. The van der Waals surface area contributed by atoms with Gasteiger partial charge in [0.25, 0.3) is 0 Å². The Balaban J connectivity index is 2.10. The van der Waals surface area contributed by atoms with Crippen LogP contribution in [0.25, 0.3) is 11.2 Å². The van der Waals surface area contributed by atoms with Gasteiger partial charge in [0.15, 0.2) is 17.7 Å². The van der Waals surface area contributed by atoms with E-state index in [1.807, 2.05) is 0 Å². The number of nitrogens with zero attached hydrogens (tertiary/aromatic N) is 4. The number of aromatic nitrogens is 4. The number of rotatable bonds is 2. The Morgan fingerprint density at radius 1 is 1.50 bits per heavy atom. The summed E-state index contributed by atoms with van der Waals surface area (Å²) in [6.45, 7) is 1.44. The summed E-state index contributed by atoms with van der Waals surface area (Å²) in [6, 6.07) is 0. The average Bonchev–Trinajstić information content (AvgIpc) is 2.92. The van der Waals surface area contributed by atoms with Gasteiger partial charge in [-0.15, -0.1) is 0 Å². The van der Waals surface area contributed by atoms with Crippen molar-refractivity contribution in [3.8, 4) is 0 Å². The summed E-state index contributed by atoms with van der Waals surface area (Å²) < 4.78 is 6.41. The van der Waals surface area contributed by atoms with Crippen LogP contribution < -0.4 is 5.73 Å². The van der Waals surface area contributed by atoms with Crippen LogP contribution in [0, 0.1) is 0 Å². The molecule has 0 spiro atoms. The molecule has 4 atom stereocenters. The van der Waals surface area contributed by atoms with Gasteiger partial charge in [-0.25, -0.2) is 15.0 Å². The van der Waals surface area contributed by atoms with E-state index >= 15 is 0 Å². The van der Waals surface area contributed by atoms with Crippen molar-refractivity contribution in [2.75, 3.05) is 12.3 Å². The molecule has 3 heterocycles. The lowest BCUT2D eigenvalue weighted by atomic mass is 10.0. The molecule has 1 aliphatic rings. The van der Waals surface area contributed by atoms with Crippen LogP contribution in [0.5, 0.6) is 0 Å². The Morgan fingerprint density at radius 2 is 2.25 bits per heavy atom. The molecule has 0 amide bonds. The summed E-state index contributed by atoms with van der Waals surface area (Å²) in [4.78, 5) is 12.2. The number of aliphatic hydroxyl groups is 2. The first-order valence-electron chi connectivity index (χ1n) is 6.06. The number of anilines is 1. The van der Waals surface area contributed by atoms with E-state index in [9.17, 15) is 10.2 Å². The molecule has 9 heteroatoms. The van der Waals surface area contributed by atoms with Gasteiger partial charge >= 0.3 is 0 Å². The van der Waals surface area contributed by atoms with E-state index in [-0.39, 0.29) is 12.4 Å². The van der Waals surface area contributed by atoms with Crippen LogP contribution in [-0.2, 0) is 4.74 Å². The second-order valence-electron chi connectivity index (χ2n) is 4.96. The number of aliphatic hydroxyl groups excluding tert-OH is 2. The number of hydrogen-bond donors (Lipinski definition) is 4. The van der Waals surface area contributed by atoms with Crippen LogP contribution in [-0.4, -0.2) is 53.3 Å². The van der Waals surface area contributed by atoms with Crippen molar-refractivity contribution < 1.29 is 14.9 Å². The second kappa shape index (κ2) is 4.55. The highest BCUT2D eigenvalue weighted by Crippen LogP contribution is 2.43. The summed E-state index contributed by atoms with van der Waals surface area (Å²) in [6.07, 6.45) is 0.593. The van der Waals surface area contributed by atoms with Gasteiger partial charge in [0, 0.05) is 0 Å². The lowest BCUT2D eigenvalue weighted by Crippen LogP contribution is -2.39. The minimum absolute atomic E-state index is 0.270. The molecule has 108 valence electrons. The largest absolute Gasteiger partial charge is 0.394 e. The first-order valence-corrected chi connectivity index (χ1v) is 6.51. The second-order valence-corrected chi connectivity index (χ2v) is 5.93. The summed E-state index contributed by atoms with van der Waals surface area (Å²) in [5.41, 5.74) is 6.69. The van der Waals surface area contributed by atoms with Crippen LogP contribution in [0.1, 0.15) is 13.2 Å². The van der Waals surface area contributed by atoms with Crippen molar-refractivity contribution in [1.29, 1.82) is 0 Å². The molecular formula is C11H15N5O3S. The number of nitrogens with two attached hydrogens (primary N) is 1. The predicted molar refractivity (Wildman–Crippen MR) is 74.1 cm³/mol. The van der Waals surface area contributed by atoms with Crippen molar-refractivity contribution in [2.45, 2.75) is 30.1 Å². The average molecular weight is 297 g/mol. The zero-order valence-electron chi connectivity index (χ0n) is 10.7. The first kappa shape index (κ1) is 13.6. The summed E-state index contributed by atoms with van der Waals surface area (Å²) in [7, 11) is 0. The molecule has 2 aromatic rings. The van der Waals surface area contributed by atoms with E-state index in [2.05, 4.69) is 27.6 Å². The van der Waals surface area contributed by atoms with E-state index < -0.39 is 23.2 Å². The molecule has 3 rings (SSSR count). The SMILES string of the molecule is C[C@@]1(S)[C@H](O)[C@@H](CO)O[C@H]1n1cnc2c(N)ncnc21. The molecular weight excluding hydrogens is 282 g/mol. The topological polar surface area (TPSA) is 119 Å². The lowest BCUT2D eigenvalue weighted by Gasteiger charge is -2.27. The third kappa shape index (κ3) is 1.78. The van der Waals surface area contributed by atoms with Crippen LogP contribution in [0.2, 0.25) is 0 Å². The molecule has 0 aromatic carbocycles. The van der Waals surface area contributed by atoms with Gasteiger partial charge in [0.2, 0.25) is 0 Å². The normalized spacial score (nSPS) is 33.9. The maximum absolute atomic E-state index is 10.2. The fourth-order valence-corrected chi connectivity index (χ4v) is 2.78. The van der Waals surface area contributed by atoms with Crippen LogP contribution in [0.3, 0.4) is 0 Å². The minimum atomic E-state index is -0.919. The molecule has 0 aliphatic carbocycles. The predicted octanol–water partition coefficient (Wildman–Crippen LogP) is -0.652. The van der Waals surface area contributed by atoms with Crippen molar-refractivity contribution in [3.05, 3.63) is 12.7 Å². The van der Waals surface area contributed by atoms with Gasteiger partial charge in [-0.2, -0.15) is 12.6 Å². The van der Waals surface area contributed by atoms with Gasteiger partial charge in [-0.3, -0.25) is 4.57 Å². The van der Waals surface area contributed by atoms with Crippen LogP contribution in [0.15, 0.2) is 12.7 Å². The van der Waals surface area contributed by atoms with E-state index in [4.69, 9.17) is 10.5 Å². The molecule has 0 unspecified atom stereocenters. The molecule has 2 aromatic heterocycles. The number of fused-ring (bicyclic) bond motifs is 1. The Kier molecular flexibility index (Phi) is 3.09. The zero-order valence-corrected chi connectivity index (χ0v) is 11.6. The number of hydrogen-bond acceptors (Lipinski definition) is 8. The summed E-state index contributed by atoms with van der Waals surface area (Å²) >= 11 is 4.48. The number of nitrogen functional groups attached to an aromatic ring is 1. The third-order valence-corrected chi connectivity index (χ3v) is 4.06. The molecule has 4 N–H and O–H groups in total. The van der Waals surface area contributed by atoms with Crippen LogP contribution >= 0.6 is 12.6 Å². The summed E-state index contributed by atoms with van der Waals surface area (Å²) in [5.74, 6) is 0.270. The number of thiol groups is 1. The van der Waals surface area contributed by atoms with Gasteiger partial charge in [0.1, 0.15) is 24.1 Å². The minimum Gasteiger partial charge on any atom is -0.394 e. The summed E-state index contributed by atoms with van der Waals surface area (Å²) in [5, 5.41) is 19.4. The Hall–Kier alpha value is -1.42. The van der Waals surface area contributed by atoms with E-state index in [1.54, 1.807) is 11.5 Å². The lowest BCUT2D eigenvalue weighted by molar-refractivity contribution is -0.0439. The van der Waals surface area contributed by atoms with Crippen molar-refractivity contribution in [3.63, 3.8) is 0 Å². The van der Waals surface area contributed by atoms with E-state index in [1.165, 1.54) is 12.7 Å². The van der Waals surface area contributed by atoms with Gasteiger partial charge < -0.3 is 20.7 Å². The Labute approximate surface area is 120 Å². The maximum Gasteiger partial charge on any atom is 0.167 e. The van der Waals surface area contributed by atoms with Crippen molar-refractivity contribution in [1.82, 2.24) is 19.5 Å². The van der Waals surface area contributed by atoms with Gasteiger partial charge in [-0.05, 0) is 6.92 Å².